The molecular formula is C26H21ClO4. The van der Waals surface area contributed by atoms with Crippen LogP contribution in [0.15, 0.2) is 78.4 Å². The van der Waals surface area contributed by atoms with Crippen LogP contribution in [-0.2, 0) is 16.1 Å². The molecule has 5 heteroatoms. The topological polar surface area (TPSA) is 44.8 Å². The number of ether oxygens (including phenoxy) is 3. The summed E-state index contributed by atoms with van der Waals surface area (Å²) in [7, 11) is 1.58. The Hall–Kier alpha value is -3.50. The van der Waals surface area contributed by atoms with E-state index in [9.17, 15) is 4.79 Å². The summed E-state index contributed by atoms with van der Waals surface area (Å²) >= 11 is 5.92. The Morgan fingerprint density at radius 3 is 2.42 bits per heavy atom. The number of methoxy groups -OCH3 is 1. The summed E-state index contributed by atoms with van der Waals surface area (Å²) in [4.78, 5) is 12.3. The first kappa shape index (κ1) is 20.8. The summed E-state index contributed by atoms with van der Waals surface area (Å²) in [6.07, 6.45) is 3.53. The maximum absolute atomic E-state index is 12.3. The number of carbonyl (C=O) groups excluding carboxylic acids is 1. The van der Waals surface area contributed by atoms with Crippen molar-refractivity contribution >= 4 is 29.4 Å². The summed E-state index contributed by atoms with van der Waals surface area (Å²) in [5.41, 5.74) is 4.30. The van der Waals surface area contributed by atoms with Gasteiger partial charge in [-0.3, -0.25) is 0 Å². The normalized spacial score (nSPS) is 14.4. The van der Waals surface area contributed by atoms with E-state index in [0.717, 1.165) is 22.3 Å². The summed E-state index contributed by atoms with van der Waals surface area (Å²) in [6, 6.07) is 20.9. The van der Waals surface area contributed by atoms with E-state index in [4.69, 9.17) is 25.8 Å². The minimum absolute atomic E-state index is 0.377. The Bertz CT molecular complexity index is 1160. The fourth-order valence-electron chi connectivity index (χ4n) is 3.16. The summed E-state index contributed by atoms with van der Waals surface area (Å²) < 4.78 is 16.8. The molecule has 3 aromatic rings. The second kappa shape index (κ2) is 9.11. The molecule has 0 saturated heterocycles. The highest BCUT2D eigenvalue weighted by Crippen LogP contribution is 2.32. The first-order chi connectivity index (χ1) is 15.0. The highest BCUT2D eigenvalue weighted by Gasteiger charge is 2.22. The third-order valence-electron chi connectivity index (χ3n) is 4.88. The van der Waals surface area contributed by atoms with Gasteiger partial charge in [0.15, 0.2) is 11.5 Å². The van der Waals surface area contributed by atoms with Crippen LogP contribution in [0, 0.1) is 6.92 Å². The lowest BCUT2D eigenvalue weighted by Gasteiger charge is -2.11. The molecule has 0 saturated carbocycles. The summed E-state index contributed by atoms with van der Waals surface area (Å²) in [6.45, 7) is 2.41. The molecule has 0 bridgehead atoms. The van der Waals surface area contributed by atoms with Gasteiger partial charge in [-0.1, -0.05) is 59.6 Å². The molecule has 0 amide bonds. The van der Waals surface area contributed by atoms with Crippen molar-refractivity contribution < 1.29 is 19.0 Å². The molecule has 0 spiro atoms. The molecule has 0 aromatic heterocycles. The van der Waals surface area contributed by atoms with Crippen molar-refractivity contribution in [1.82, 2.24) is 0 Å². The Morgan fingerprint density at radius 1 is 0.968 bits per heavy atom. The number of benzene rings is 3. The number of cyclic esters (lactones) is 1. The molecule has 1 aliphatic heterocycles. The number of hydrogen-bond acceptors (Lipinski definition) is 4. The molecule has 4 rings (SSSR count). The van der Waals surface area contributed by atoms with Gasteiger partial charge in [0.2, 0.25) is 0 Å². The van der Waals surface area contributed by atoms with Crippen LogP contribution in [-0.4, -0.2) is 13.1 Å². The molecule has 0 radical (unpaired) electrons. The molecule has 0 atom stereocenters. The molecule has 4 nitrogen and oxygen atoms in total. The predicted octanol–water partition coefficient (Wildman–Crippen LogP) is 6.22. The maximum Gasteiger partial charge on any atom is 0.343 e. The van der Waals surface area contributed by atoms with Gasteiger partial charge in [0, 0.05) is 10.6 Å². The highest BCUT2D eigenvalue weighted by molar-refractivity contribution is 6.30. The van der Waals surface area contributed by atoms with Gasteiger partial charge < -0.3 is 14.2 Å². The van der Waals surface area contributed by atoms with Crippen LogP contribution < -0.4 is 9.47 Å². The molecule has 3 aromatic carbocycles. The van der Waals surface area contributed by atoms with Crippen molar-refractivity contribution in [3.63, 3.8) is 0 Å². The number of rotatable bonds is 6. The van der Waals surface area contributed by atoms with Gasteiger partial charge >= 0.3 is 5.97 Å². The van der Waals surface area contributed by atoms with E-state index in [0.29, 0.717) is 34.5 Å². The molecular weight excluding hydrogens is 412 g/mol. The zero-order valence-corrected chi connectivity index (χ0v) is 18.0. The van der Waals surface area contributed by atoms with Crippen LogP contribution in [0.1, 0.15) is 22.3 Å². The monoisotopic (exact) mass is 432 g/mol. The molecule has 1 aliphatic rings. The van der Waals surface area contributed by atoms with Crippen molar-refractivity contribution in [3.8, 4) is 11.5 Å². The predicted molar refractivity (Wildman–Crippen MR) is 122 cm³/mol. The molecule has 0 fully saturated rings. The Morgan fingerprint density at radius 2 is 1.71 bits per heavy atom. The van der Waals surface area contributed by atoms with E-state index in [1.54, 1.807) is 19.3 Å². The maximum atomic E-state index is 12.3. The smallest absolute Gasteiger partial charge is 0.343 e. The van der Waals surface area contributed by atoms with Crippen LogP contribution in [0.2, 0.25) is 5.02 Å². The van der Waals surface area contributed by atoms with Crippen LogP contribution >= 0.6 is 11.6 Å². The molecule has 1 heterocycles. The van der Waals surface area contributed by atoms with Crippen LogP contribution in [0.5, 0.6) is 11.5 Å². The average molecular weight is 433 g/mol. The number of esters is 1. The highest BCUT2D eigenvalue weighted by atomic mass is 35.5. The van der Waals surface area contributed by atoms with Gasteiger partial charge in [-0.2, -0.15) is 0 Å². The first-order valence-electron chi connectivity index (χ1n) is 9.80. The van der Waals surface area contributed by atoms with E-state index in [1.165, 1.54) is 0 Å². The average Bonchev–Trinajstić information content (AvgIpc) is 3.14. The first-order valence-corrected chi connectivity index (χ1v) is 10.2. The lowest BCUT2D eigenvalue weighted by Crippen LogP contribution is -1.99. The molecule has 0 unspecified atom stereocenters. The number of halogens is 1. The van der Waals surface area contributed by atoms with Gasteiger partial charge in [0.05, 0.1) is 12.7 Å². The van der Waals surface area contributed by atoms with Crippen LogP contribution in [0.25, 0.3) is 11.8 Å². The number of aryl methyl sites for hydroxylation is 1. The van der Waals surface area contributed by atoms with Crippen molar-refractivity contribution in [2.24, 2.45) is 0 Å². The summed E-state index contributed by atoms with van der Waals surface area (Å²) in [5.74, 6) is 1.37. The van der Waals surface area contributed by atoms with E-state index in [-0.39, 0.29) is 5.97 Å². The summed E-state index contributed by atoms with van der Waals surface area (Å²) in [5, 5.41) is 0.684. The minimum Gasteiger partial charge on any atom is -0.493 e. The molecule has 156 valence electrons. The van der Waals surface area contributed by atoms with Crippen molar-refractivity contribution in [2.75, 3.05) is 7.11 Å². The van der Waals surface area contributed by atoms with Gasteiger partial charge in [0.25, 0.3) is 0 Å². The standard InChI is InChI=1S/C26H21ClO4/c1-17-3-8-20(9-4-17)24-15-21(26(28)31-24)13-19-7-12-23(25(14-19)29-2)30-16-18-5-10-22(27)11-6-18/h3-15H,16H2,1-2H3/b21-13+. The lowest BCUT2D eigenvalue weighted by molar-refractivity contribution is -0.130. The van der Waals surface area contributed by atoms with E-state index in [2.05, 4.69) is 0 Å². The second-order valence-corrected chi connectivity index (χ2v) is 7.63. The zero-order valence-electron chi connectivity index (χ0n) is 17.2. The Kier molecular flexibility index (Phi) is 6.10. The largest absolute Gasteiger partial charge is 0.493 e. The SMILES string of the molecule is COc1cc(/C=C2\C=C(c3ccc(C)cc3)OC2=O)ccc1OCc1ccc(Cl)cc1. The van der Waals surface area contributed by atoms with Crippen molar-refractivity contribution in [1.29, 1.82) is 0 Å². The third-order valence-corrected chi connectivity index (χ3v) is 5.13. The molecule has 31 heavy (non-hydrogen) atoms. The van der Waals surface area contributed by atoms with E-state index in [1.807, 2.05) is 73.7 Å². The minimum atomic E-state index is -0.377. The Balaban J connectivity index is 1.52. The fourth-order valence-corrected chi connectivity index (χ4v) is 3.29. The number of hydrogen-bond donors (Lipinski definition) is 0. The van der Waals surface area contributed by atoms with Crippen LogP contribution in [0.4, 0.5) is 0 Å². The Labute approximate surface area is 186 Å². The third kappa shape index (κ3) is 4.98. The van der Waals surface area contributed by atoms with Gasteiger partial charge in [-0.25, -0.2) is 4.79 Å². The van der Waals surface area contributed by atoms with Gasteiger partial charge in [-0.15, -0.1) is 0 Å². The van der Waals surface area contributed by atoms with Crippen LogP contribution in [0.3, 0.4) is 0 Å². The zero-order chi connectivity index (χ0) is 21.8. The molecule has 0 aliphatic carbocycles. The number of carbonyl (C=O) groups is 1. The van der Waals surface area contributed by atoms with E-state index < -0.39 is 0 Å². The fraction of sp³-hybridized carbons (Fsp3) is 0.115. The van der Waals surface area contributed by atoms with Gasteiger partial charge in [0.1, 0.15) is 12.4 Å². The molecule has 0 N–H and O–H groups in total. The lowest BCUT2D eigenvalue weighted by atomic mass is 10.1. The van der Waals surface area contributed by atoms with Crippen molar-refractivity contribution in [3.05, 3.63) is 106 Å². The van der Waals surface area contributed by atoms with Crippen molar-refractivity contribution in [2.45, 2.75) is 13.5 Å². The second-order valence-electron chi connectivity index (χ2n) is 7.19. The quantitative estimate of drug-likeness (QED) is 0.342. The van der Waals surface area contributed by atoms with Gasteiger partial charge in [-0.05, 0) is 54.5 Å². The van der Waals surface area contributed by atoms with E-state index >= 15 is 0 Å².